The molecule has 4 aromatic rings. The van der Waals surface area contributed by atoms with Crippen LogP contribution >= 0.6 is 0 Å². The number of para-hydroxylation sites is 1. The van der Waals surface area contributed by atoms with E-state index in [-0.39, 0.29) is 5.56 Å². The van der Waals surface area contributed by atoms with Crippen molar-refractivity contribution in [3.8, 4) is 28.3 Å². The number of nitrogens with zero attached hydrogens (tertiary/aromatic N) is 2. The summed E-state index contributed by atoms with van der Waals surface area (Å²) in [6.07, 6.45) is 3.16. The number of aromatic amines is 1. The molecule has 0 aliphatic heterocycles. The Hall–Kier alpha value is -3.47. The van der Waals surface area contributed by atoms with Crippen molar-refractivity contribution in [3.63, 3.8) is 0 Å². The minimum Gasteiger partial charge on any atom is -0.493 e. The zero-order valence-electron chi connectivity index (χ0n) is 14.3. The van der Waals surface area contributed by atoms with E-state index < -0.39 is 0 Å². The van der Waals surface area contributed by atoms with Crippen molar-refractivity contribution in [2.24, 2.45) is 0 Å². The molecule has 0 unspecified atom stereocenters. The number of H-pyrrole nitrogens is 1. The van der Waals surface area contributed by atoms with Crippen molar-refractivity contribution in [2.75, 3.05) is 6.61 Å². The van der Waals surface area contributed by atoms with Crippen molar-refractivity contribution in [1.29, 1.82) is 0 Å². The van der Waals surface area contributed by atoms with Crippen LogP contribution in [-0.2, 0) is 0 Å². The van der Waals surface area contributed by atoms with Gasteiger partial charge in [-0.15, -0.1) is 0 Å². The van der Waals surface area contributed by atoms with E-state index >= 15 is 0 Å². The van der Waals surface area contributed by atoms with Crippen LogP contribution in [0.25, 0.3) is 33.4 Å². The lowest BCUT2D eigenvalue weighted by Crippen LogP contribution is -2.09. The monoisotopic (exact) mass is 343 g/mol. The third kappa shape index (κ3) is 2.95. The summed E-state index contributed by atoms with van der Waals surface area (Å²) in [6.45, 7) is 2.59. The smallest absolute Gasteiger partial charge is 0.260 e. The average molecular weight is 343 g/mol. The number of pyridine rings is 1. The van der Waals surface area contributed by atoms with E-state index in [0.717, 1.165) is 22.4 Å². The second kappa shape index (κ2) is 6.80. The molecule has 2 aromatic heterocycles. The second-order valence-electron chi connectivity index (χ2n) is 5.81. The van der Waals surface area contributed by atoms with E-state index in [2.05, 4.69) is 15.0 Å². The van der Waals surface area contributed by atoms with Crippen molar-refractivity contribution in [2.45, 2.75) is 6.92 Å². The Kier molecular flexibility index (Phi) is 4.19. The second-order valence-corrected chi connectivity index (χ2v) is 5.81. The van der Waals surface area contributed by atoms with Gasteiger partial charge in [-0.2, -0.15) is 0 Å². The summed E-state index contributed by atoms with van der Waals surface area (Å²) in [5.41, 5.74) is 3.36. The molecular weight excluding hydrogens is 326 g/mol. The van der Waals surface area contributed by atoms with Gasteiger partial charge in [-0.25, -0.2) is 4.98 Å². The van der Waals surface area contributed by atoms with E-state index in [1.165, 1.54) is 6.20 Å². The van der Waals surface area contributed by atoms with E-state index in [1.54, 1.807) is 12.3 Å². The third-order valence-electron chi connectivity index (χ3n) is 4.16. The Bertz CT molecular complexity index is 1120. The van der Waals surface area contributed by atoms with Gasteiger partial charge in [0.2, 0.25) is 0 Å². The lowest BCUT2D eigenvalue weighted by Gasteiger charge is -2.10. The van der Waals surface area contributed by atoms with Gasteiger partial charge in [0.15, 0.2) is 0 Å². The van der Waals surface area contributed by atoms with Crippen molar-refractivity contribution in [1.82, 2.24) is 15.0 Å². The molecule has 0 amide bonds. The molecule has 5 heteroatoms. The van der Waals surface area contributed by atoms with E-state index in [9.17, 15) is 4.79 Å². The van der Waals surface area contributed by atoms with Gasteiger partial charge in [-0.05, 0) is 24.6 Å². The summed E-state index contributed by atoms with van der Waals surface area (Å²) in [7, 11) is 0. The Balaban J connectivity index is 1.74. The maximum absolute atomic E-state index is 12.2. The molecule has 0 atom stereocenters. The third-order valence-corrected chi connectivity index (χ3v) is 4.16. The highest BCUT2D eigenvalue weighted by molar-refractivity contribution is 5.79. The first-order chi connectivity index (χ1) is 12.8. The molecule has 26 heavy (non-hydrogen) atoms. The highest BCUT2D eigenvalue weighted by Gasteiger charge is 2.08. The van der Waals surface area contributed by atoms with Gasteiger partial charge in [-0.1, -0.05) is 42.5 Å². The Morgan fingerprint density at radius 1 is 1.00 bits per heavy atom. The predicted octanol–water partition coefficient (Wildman–Crippen LogP) is 4.05. The van der Waals surface area contributed by atoms with Crippen LogP contribution in [0.1, 0.15) is 6.92 Å². The van der Waals surface area contributed by atoms with Crippen LogP contribution in [0.3, 0.4) is 0 Å². The number of nitrogens with one attached hydrogen (secondary N) is 1. The molecule has 0 aliphatic rings. The molecule has 0 saturated heterocycles. The van der Waals surface area contributed by atoms with Gasteiger partial charge >= 0.3 is 0 Å². The number of hydrogen-bond donors (Lipinski definition) is 1. The minimum absolute atomic E-state index is 0.191. The number of fused-ring (bicyclic) bond motifs is 1. The first-order valence-electron chi connectivity index (χ1n) is 8.43. The lowest BCUT2D eigenvalue weighted by molar-refractivity contribution is 0.341. The fourth-order valence-electron chi connectivity index (χ4n) is 2.91. The number of hydrogen-bond acceptors (Lipinski definition) is 4. The van der Waals surface area contributed by atoms with E-state index in [1.807, 2.05) is 55.5 Å². The van der Waals surface area contributed by atoms with Crippen LogP contribution in [-0.4, -0.2) is 21.6 Å². The van der Waals surface area contributed by atoms with Gasteiger partial charge in [0.25, 0.3) is 5.56 Å². The molecule has 0 bridgehead atoms. The summed E-state index contributed by atoms with van der Waals surface area (Å²) >= 11 is 0. The van der Waals surface area contributed by atoms with Crippen LogP contribution in [0.5, 0.6) is 5.75 Å². The molecule has 4 rings (SSSR count). The topological polar surface area (TPSA) is 67.9 Å². The van der Waals surface area contributed by atoms with Crippen molar-refractivity contribution in [3.05, 3.63) is 77.3 Å². The van der Waals surface area contributed by atoms with Gasteiger partial charge in [-0.3, -0.25) is 9.78 Å². The van der Waals surface area contributed by atoms with Gasteiger partial charge in [0, 0.05) is 23.5 Å². The Morgan fingerprint density at radius 2 is 1.77 bits per heavy atom. The maximum Gasteiger partial charge on any atom is 0.260 e. The first kappa shape index (κ1) is 16.0. The SMILES string of the molecule is CCOc1ccccc1-c1ccc(-c2nc3ccncc3c(=O)[nH]2)cc1. The summed E-state index contributed by atoms with van der Waals surface area (Å²) < 4.78 is 5.70. The average Bonchev–Trinajstić information content (AvgIpc) is 2.69. The molecule has 0 radical (unpaired) electrons. The highest BCUT2D eigenvalue weighted by Crippen LogP contribution is 2.31. The Morgan fingerprint density at radius 3 is 2.58 bits per heavy atom. The fourth-order valence-corrected chi connectivity index (χ4v) is 2.91. The number of rotatable bonds is 4. The van der Waals surface area contributed by atoms with E-state index in [0.29, 0.717) is 23.3 Å². The number of ether oxygens (including phenoxy) is 1. The van der Waals surface area contributed by atoms with Crippen LogP contribution in [0, 0.1) is 0 Å². The van der Waals surface area contributed by atoms with Crippen LogP contribution in [0.4, 0.5) is 0 Å². The number of benzene rings is 2. The van der Waals surface area contributed by atoms with Crippen LogP contribution < -0.4 is 10.3 Å². The van der Waals surface area contributed by atoms with E-state index in [4.69, 9.17) is 4.74 Å². The first-order valence-corrected chi connectivity index (χ1v) is 8.43. The summed E-state index contributed by atoms with van der Waals surface area (Å²) in [4.78, 5) is 23.6. The van der Waals surface area contributed by atoms with Crippen molar-refractivity contribution >= 4 is 10.9 Å². The van der Waals surface area contributed by atoms with Crippen LogP contribution in [0.15, 0.2) is 71.8 Å². The standard InChI is InChI=1S/C21H17N3O2/c1-2-26-19-6-4-3-5-16(19)14-7-9-15(10-8-14)20-23-18-11-12-22-13-17(18)21(25)24-20/h3-13H,2H2,1H3,(H,23,24,25). The molecule has 1 N–H and O–H groups in total. The molecule has 5 nitrogen and oxygen atoms in total. The van der Waals surface area contributed by atoms with Gasteiger partial charge in [0.1, 0.15) is 11.6 Å². The summed E-state index contributed by atoms with van der Waals surface area (Å²) in [5, 5.41) is 0.485. The van der Waals surface area contributed by atoms with Crippen LogP contribution in [0.2, 0.25) is 0 Å². The van der Waals surface area contributed by atoms with Crippen molar-refractivity contribution < 1.29 is 4.74 Å². The molecule has 2 heterocycles. The lowest BCUT2D eigenvalue weighted by atomic mass is 10.0. The molecular formula is C21H17N3O2. The minimum atomic E-state index is -0.191. The Labute approximate surface area is 150 Å². The number of aromatic nitrogens is 3. The largest absolute Gasteiger partial charge is 0.493 e. The van der Waals surface area contributed by atoms with Gasteiger partial charge < -0.3 is 9.72 Å². The summed E-state index contributed by atoms with van der Waals surface area (Å²) in [5.74, 6) is 1.39. The molecule has 0 aliphatic carbocycles. The maximum atomic E-state index is 12.2. The molecule has 128 valence electrons. The molecule has 0 fully saturated rings. The molecule has 0 saturated carbocycles. The normalized spacial score (nSPS) is 10.8. The highest BCUT2D eigenvalue weighted by atomic mass is 16.5. The quantitative estimate of drug-likeness (QED) is 0.607. The zero-order chi connectivity index (χ0) is 17.9. The fraction of sp³-hybridized carbons (Fsp3) is 0.0952. The molecule has 0 spiro atoms. The predicted molar refractivity (Wildman–Crippen MR) is 102 cm³/mol. The molecule has 2 aromatic carbocycles. The zero-order valence-corrected chi connectivity index (χ0v) is 14.3. The summed E-state index contributed by atoms with van der Waals surface area (Å²) in [6, 6.07) is 17.6. The van der Waals surface area contributed by atoms with Gasteiger partial charge in [0.05, 0.1) is 17.5 Å².